The lowest BCUT2D eigenvalue weighted by Gasteiger charge is -2.09. The smallest absolute Gasteiger partial charge is 0.406 e. The van der Waals surface area contributed by atoms with Gasteiger partial charge in [-0.3, -0.25) is 9.59 Å². The van der Waals surface area contributed by atoms with Crippen LogP contribution >= 0.6 is 11.3 Å². The number of alkyl halides is 3. The van der Waals surface area contributed by atoms with Crippen LogP contribution in [-0.4, -0.2) is 38.3 Å². The van der Waals surface area contributed by atoms with Crippen molar-refractivity contribution in [1.29, 1.82) is 0 Å². The summed E-state index contributed by atoms with van der Waals surface area (Å²) < 4.78 is 55.8. The van der Waals surface area contributed by atoms with Crippen molar-refractivity contribution in [1.82, 2.24) is 20.2 Å². The van der Waals surface area contributed by atoms with Gasteiger partial charge in [-0.25, -0.2) is 9.97 Å². The average Bonchev–Trinajstić information content (AvgIpc) is 3.33. The van der Waals surface area contributed by atoms with Gasteiger partial charge in [0.2, 0.25) is 22.9 Å². The minimum atomic E-state index is -4.82. The molecule has 0 spiro atoms. The molecule has 0 fully saturated rings. The van der Waals surface area contributed by atoms with E-state index in [4.69, 9.17) is 0 Å². The predicted molar refractivity (Wildman–Crippen MR) is 144 cm³/mol. The normalized spacial score (nSPS) is 11.2. The van der Waals surface area contributed by atoms with E-state index >= 15 is 0 Å². The number of halogens is 4. The number of anilines is 2. The Morgan fingerprint density at radius 1 is 1.00 bits per heavy atom. The molecule has 4 aromatic rings. The number of nitrogens with zero attached hydrogens (tertiary/aromatic N) is 4. The second kappa shape index (κ2) is 13.3. The fourth-order valence-electron chi connectivity index (χ4n) is 3.88. The number of amides is 2. The van der Waals surface area contributed by atoms with Crippen molar-refractivity contribution in [3.8, 4) is 17.0 Å². The Bertz CT molecular complexity index is 1530. The van der Waals surface area contributed by atoms with E-state index < -0.39 is 24.0 Å². The van der Waals surface area contributed by atoms with Gasteiger partial charge in [0.15, 0.2) is 0 Å². The molecular weight excluding hydrogens is 564 g/mol. The summed E-state index contributed by atoms with van der Waals surface area (Å²) in [6.45, 7) is 1.36. The molecule has 4 rings (SSSR count). The van der Waals surface area contributed by atoms with Crippen molar-refractivity contribution in [3.05, 3.63) is 76.8 Å². The third-order valence-corrected chi connectivity index (χ3v) is 6.50. The second-order valence-corrected chi connectivity index (χ2v) is 9.92. The van der Waals surface area contributed by atoms with Gasteiger partial charge in [-0.05, 0) is 55.2 Å². The first-order valence-corrected chi connectivity index (χ1v) is 13.2. The quantitative estimate of drug-likeness (QED) is 0.130. The highest BCUT2D eigenvalue weighted by Gasteiger charge is 2.31. The van der Waals surface area contributed by atoms with E-state index in [1.807, 2.05) is 0 Å². The monoisotopic (exact) mass is 588 g/mol. The highest BCUT2D eigenvalue weighted by atomic mass is 32.1. The van der Waals surface area contributed by atoms with Crippen molar-refractivity contribution in [3.63, 3.8) is 0 Å². The van der Waals surface area contributed by atoms with Gasteiger partial charge in [-0.2, -0.15) is 4.39 Å². The van der Waals surface area contributed by atoms with Crippen molar-refractivity contribution in [2.24, 2.45) is 0 Å². The highest BCUT2D eigenvalue weighted by Crippen LogP contribution is 2.26. The van der Waals surface area contributed by atoms with Crippen molar-refractivity contribution >= 4 is 34.1 Å². The van der Waals surface area contributed by atoms with Gasteiger partial charge in [0.05, 0.1) is 12.1 Å². The number of hydrogen-bond acceptors (Lipinski definition) is 8. The largest absolute Gasteiger partial charge is 0.573 e. The lowest BCUT2D eigenvalue weighted by atomic mass is 10.1. The zero-order chi connectivity index (χ0) is 29.4. The lowest BCUT2D eigenvalue weighted by Crippen LogP contribution is -2.17. The third-order valence-electron chi connectivity index (χ3n) is 5.60. The molecule has 0 saturated carbocycles. The number of ether oxygens (including phenoxy) is 1. The summed E-state index contributed by atoms with van der Waals surface area (Å²) in [6, 6.07) is 11.9. The Morgan fingerprint density at radius 3 is 2.56 bits per heavy atom. The Kier molecular flexibility index (Phi) is 9.55. The maximum Gasteiger partial charge on any atom is 0.573 e. The van der Waals surface area contributed by atoms with Crippen LogP contribution in [0.1, 0.15) is 35.9 Å². The summed E-state index contributed by atoms with van der Waals surface area (Å²) in [5, 5.41) is 14.1. The molecule has 41 heavy (non-hydrogen) atoms. The number of unbranched alkanes of at least 4 members (excludes halogenated alkanes) is 1. The zero-order valence-electron chi connectivity index (χ0n) is 21.7. The first kappa shape index (κ1) is 29.5. The zero-order valence-corrected chi connectivity index (χ0v) is 22.5. The molecule has 3 heterocycles. The van der Waals surface area contributed by atoms with E-state index in [1.54, 1.807) is 24.3 Å². The summed E-state index contributed by atoms with van der Waals surface area (Å²) in [4.78, 5) is 31.9. The fourth-order valence-corrected chi connectivity index (χ4v) is 4.67. The molecule has 1 aromatic carbocycles. The van der Waals surface area contributed by atoms with Crippen molar-refractivity contribution in [2.75, 3.05) is 10.6 Å². The van der Waals surface area contributed by atoms with Crippen LogP contribution in [0.25, 0.3) is 11.3 Å². The molecule has 0 bridgehead atoms. The molecule has 0 atom stereocenters. The highest BCUT2D eigenvalue weighted by molar-refractivity contribution is 7.15. The molecule has 0 aliphatic carbocycles. The second-order valence-electron chi connectivity index (χ2n) is 8.86. The molecule has 9 nitrogen and oxygen atoms in total. The number of nitrogens with one attached hydrogen (secondary N) is 2. The number of hydrogen-bond donors (Lipinski definition) is 2. The maximum absolute atomic E-state index is 14.7. The Hall–Kier alpha value is -4.46. The first-order chi connectivity index (χ1) is 19.6. The van der Waals surface area contributed by atoms with E-state index in [0.717, 1.165) is 12.1 Å². The van der Waals surface area contributed by atoms with Crippen molar-refractivity contribution in [2.45, 2.75) is 45.4 Å². The van der Waals surface area contributed by atoms with Crippen LogP contribution in [0.3, 0.4) is 0 Å². The number of carbonyl (C=O) groups is 2. The SMILES string of the molecule is CC(=O)Nc1ncccc1-c1ccc(CCCCc2nnc(NC(=O)Cc3cccc(OC(F)(F)F)c3)s2)c(F)n1. The maximum atomic E-state index is 14.7. The van der Waals surface area contributed by atoms with Crippen LogP contribution in [0.5, 0.6) is 5.75 Å². The Morgan fingerprint density at radius 2 is 1.80 bits per heavy atom. The van der Waals surface area contributed by atoms with Crippen LogP contribution in [-0.2, 0) is 28.9 Å². The summed E-state index contributed by atoms with van der Waals surface area (Å²) in [5.74, 6) is -1.46. The molecule has 2 N–H and O–H groups in total. The standard InChI is InChI=1S/C27H24F4N6O3S/c1-16(38)33-25-20(9-5-13-32-25)21-12-11-18(24(28)34-21)7-2-3-10-23-36-37-26(41-23)35-22(39)15-17-6-4-8-19(14-17)40-27(29,30)31/h4-6,8-9,11-14H,2-3,7,10,15H2,1H3,(H,32,33,38)(H,35,37,39). The fraction of sp³-hybridized carbons (Fsp3) is 0.259. The molecular formula is C27H24F4N6O3S. The lowest BCUT2D eigenvalue weighted by molar-refractivity contribution is -0.274. The molecule has 214 valence electrons. The number of carbonyl (C=O) groups excluding carboxylic acids is 2. The van der Waals surface area contributed by atoms with Gasteiger partial charge in [0.1, 0.15) is 16.6 Å². The number of rotatable bonds is 11. The molecule has 0 aliphatic rings. The molecule has 0 aliphatic heterocycles. The molecule has 2 amide bonds. The van der Waals surface area contributed by atoms with Crippen LogP contribution in [0, 0.1) is 5.95 Å². The topological polar surface area (TPSA) is 119 Å². The molecule has 14 heteroatoms. The number of benzene rings is 1. The predicted octanol–water partition coefficient (Wildman–Crippen LogP) is 5.74. The summed E-state index contributed by atoms with van der Waals surface area (Å²) >= 11 is 1.19. The van der Waals surface area contributed by atoms with E-state index in [1.165, 1.54) is 36.6 Å². The molecule has 0 saturated heterocycles. The molecule has 0 radical (unpaired) electrons. The van der Waals surface area contributed by atoms with Gasteiger partial charge in [-0.15, -0.1) is 23.4 Å². The van der Waals surface area contributed by atoms with Gasteiger partial charge in [0.25, 0.3) is 0 Å². The van der Waals surface area contributed by atoms with Crippen LogP contribution in [0.2, 0.25) is 0 Å². The van der Waals surface area contributed by atoms with E-state index in [-0.39, 0.29) is 17.5 Å². The molecule has 0 unspecified atom stereocenters. The van der Waals surface area contributed by atoms with Crippen LogP contribution in [0.15, 0.2) is 54.7 Å². The average molecular weight is 589 g/mol. The first-order valence-electron chi connectivity index (χ1n) is 12.4. The Labute approximate surface area is 236 Å². The van der Waals surface area contributed by atoms with Gasteiger partial charge >= 0.3 is 6.36 Å². The van der Waals surface area contributed by atoms with Crippen molar-refractivity contribution < 1.29 is 31.9 Å². The van der Waals surface area contributed by atoms with Crippen LogP contribution in [0.4, 0.5) is 28.5 Å². The van der Waals surface area contributed by atoms with E-state index in [0.29, 0.717) is 58.9 Å². The summed E-state index contributed by atoms with van der Waals surface area (Å²) in [5.41, 5.74) is 1.66. The van der Waals surface area contributed by atoms with E-state index in [9.17, 15) is 27.2 Å². The minimum absolute atomic E-state index is 0.169. The Balaban J connectivity index is 1.25. The van der Waals surface area contributed by atoms with Gasteiger partial charge in [0, 0.05) is 30.7 Å². The summed E-state index contributed by atoms with van der Waals surface area (Å²) in [6.07, 6.45) is -1.12. The third kappa shape index (κ3) is 9.03. The van der Waals surface area contributed by atoms with E-state index in [2.05, 4.69) is 35.5 Å². The number of aromatic nitrogens is 4. The van der Waals surface area contributed by atoms with Gasteiger partial charge in [-0.1, -0.05) is 29.5 Å². The number of pyridine rings is 2. The summed E-state index contributed by atoms with van der Waals surface area (Å²) in [7, 11) is 0. The van der Waals surface area contributed by atoms with Gasteiger partial charge < -0.3 is 15.4 Å². The van der Waals surface area contributed by atoms with Crippen LogP contribution < -0.4 is 15.4 Å². The molecule has 3 aromatic heterocycles. The number of aryl methyl sites for hydroxylation is 2. The minimum Gasteiger partial charge on any atom is -0.406 e.